The molecule has 60 valence electrons. The summed E-state index contributed by atoms with van der Waals surface area (Å²) in [7, 11) is 0. The van der Waals surface area contributed by atoms with Crippen molar-refractivity contribution in [3.63, 3.8) is 0 Å². The lowest BCUT2D eigenvalue weighted by atomic mass is 10.1. The monoisotopic (exact) mass is 208 g/mol. The molecular weight excluding hydrogens is 196 g/mol. The Bertz CT molecular complexity index is 126. The van der Waals surface area contributed by atoms with Gasteiger partial charge in [-0.3, -0.25) is 0 Å². The average molecular weight is 209 g/mol. The molecule has 3 heteroatoms. The summed E-state index contributed by atoms with van der Waals surface area (Å²) in [5.41, 5.74) is 1.69. The summed E-state index contributed by atoms with van der Waals surface area (Å²) < 4.78 is 0. The number of alkyl halides is 1. The second kappa shape index (κ2) is 4.88. The van der Waals surface area contributed by atoms with Gasteiger partial charge in [-0.2, -0.15) is 0 Å². The van der Waals surface area contributed by atoms with Crippen LogP contribution in [0.4, 0.5) is 0 Å². The van der Waals surface area contributed by atoms with E-state index in [0.717, 1.165) is 10.9 Å². The summed E-state index contributed by atoms with van der Waals surface area (Å²) in [6.45, 7) is 3.74. The van der Waals surface area contributed by atoms with Gasteiger partial charge in [0.05, 0.1) is 0 Å². The van der Waals surface area contributed by atoms with Gasteiger partial charge in [0.15, 0.2) is 6.29 Å². The van der Waals surface area contributed by atoms with Crippen LogP contribution in [0, 0.1) is 0 Å². The average Bonchev–Trinajstić information content (AvgIpc) is 1.81. The lowest BCUT2D eigenvalue weighted by molar-refractivity contribution is -0.0104. The molecule has 0 heterocycles. The van der Waals surface area contributed by atoms with Crippen molar-refractivity contribution < 1.29 is 10.2 Å². The summed E-state index contributed by atoms with van der Waals surface area (Å²) in [4.78, 5) is 0. The highest BCUT2D eigenvalue weighted by atomic mass is 79.9. The second-order valence-corrected chi connectivity index (χ2v) is 3.13. The van der Waals surface area contributed by atoms with E-state index in [1.165, 1.54) is 0 Å². The zero-order chi connectivity index (χ0) is 8.15. The molecule has 0 atom stereocenters. The topological polar surface area (TPSA) is 40.5 Å². The maximum Gasteiger partial charge on any atom is 0.174 e. The number of allylic oxidation sites excluding steroid dienone is 1. The normalized spacial score (nSPS) is 10.2. The SMILES string of the molecule is CC(C)=C(CCBr)C(O)O. The third-order valence-corrected chi connectivity index (χ3v) is 1.71. The van der Waals surface area contributed by atoms with Crippen LogP contribution < -0.4 is 0 Å². The van der Waals surface area contributed by atoms with Gasteiger partial charge in [0.25, 0.3) is 0 Å². The Balaban J connectivity index is 4.13. The smallest absolute Gasteiger partial charge is 0.174 e. The number of hydrogen-bond donors (Lipinski definition) is 2. The standard InChI is InChI=1S/C7H13BrO2/c1-5(2)6(3-4-8)7(9)10/h7,9-10H,3-4H2,1-2H3. The molecule has 0 spiro atoms. The number of aliphatic hydroxyl groups excluding tert-OH is 1. The van der Waals surface area contributed by atoms with E-state index in [1.54, 1.807) is 0 Å². The molecule has 2 N–H and O–H groups in total. The van der Waals surface area contributed by atoms with Crippen LogP contribution in [0.25, 0.3) is 0 Å². The van der Waals surface area contributed by atoms with Crippen molar-refractivity contribution >= 4 is 15.9 Å². The molecule has 0 amide bonds. The van der Waals surface area contributed by atoms with Gasteiger partial charge in [-0.15, -0.1) is 0 Å². The Morgan fingerprint density at radius 1 is 1.40 bits per heavy atom. The van der Waals surface area contributed by atoms with Crippen LogP contribution in [-0.2, 0) is 0 Å². The van der Waals surface area contributed by atoms with E-state index in [-0.39, 0.29) is 0 Å². The van der Waals surface area contributed by atoms with E-state index >= 15 is 0 Å². The van der Waals surface area contributed by atoms with Crippen LogP contribution in [0.15, 0.2) is 11.1 Å². The Labute approximate surface area is 69.7 Å². The zero-order valence-corrected chi connectivity index (χ0v) is 7.85. The minimum Gasteiger partial charge on any atom is -0.365 e. The molecule has 0 aromatic rings. The highest BCUT2D eigenvalue weighted by Gasteiger charge is 2.06. The third kappa shape index (κ3) is 3.34. The van der Waals surface area contributed by atoms with Crippen molar-refractivity contribution in [1.29, 1.82) is 0 Å². The summed E-state index contributed by atoms with van der Waals surface area (Å²) in [5.74, 6) is 0. The van der Waals surface area contributed by atoms with E-state index in [9.17, 15) is 0 Å². The predicted molar refractivity (Wildman–Crippen MR) is 45.0 cm³/mol. The van der Waals surface area contributed by atoms with Crippen LogP contribution in [0.5, 0.6) is 0 Å². The van der Waals surface area contributed by atoms with Crippen LogP contribution >= 0.6 is 15.9 Å². The Morgan fingerprint density at radius 3 is 2.00 bits per heavy atom. The first kappa shape index (κ1) is 10.1. The molecule has 0 aromatic carbocycles. The quantitative estimate of drug-likeness (QED) is 0.419. The molecule has 0 aromatic heterocycles. The summed E-state index contributed by atoms with van der Waals surface area (Å²) in [5, 5.41) is 18.4. The molecule has 0 unspecified atom stereocenters. The van der Waals surface area contributed by atoms with Gasteiger partial charge in [0.2, 0.25) is 0 Å². The fourth-order valence-corrected chi connectivity index (χ4v) is 1.17. The maximum atomic E-state index is 8.79. The number of hydrogen-bond acceptors (Lipinski definition) is 2. The Kier molecular flexibility index (Phi) is 4.95. The minimum absolute atomic E-state index is 0.694. The van der Waals surface area contributed by atoms with E-state index in [2.05, 4.69) is 15.9 Å². The van der Waals surface area contributed by atoms with Crippen molar-refractivity contribution in [3.8, 4) is 0 Å². The maximum absolute atomic E-state index is 8.79. The molecule has 0 saturated carbocycles. The van der Waals surface area contributed by atoms with Crippen molar-refractivity contribution in [2.75, 3.05) is 5.33 Å². The first-order valence-corrected chi connectivity index (χ1v) is 4.30. The Hall–Kier alpha value is 0.140. The van der Waals surface area contributed by atoms with Crippen LogP contribution in [-0.4, -0.2) is 21.8 Å². The van der Waals surface area contributed by atoms with E-state index in [0.29, 0.717) is 12.0 Å². The van der Waals surface area contributed by atoms with Crippen molar-refractivity contribution in [2.45, 2.75) is 26.6 Å². The largest absolute Gasteiger partial charge is 0.365 e. The molecule has 0 bridgehead atoms. The molecule has 0 radical (unpaired) electrons. The van der Waals surface area contributed by atoms with Gasteiger partial charge < -0.3 is 10.2 Å². The fourth-order valence-electron chi connectivity index (χ4n) is 0.739. The first-order valence-electron chi connectivity index (χ1n) is 3.18. The van der Waals surface area contributed by atoms with Crippen LogP contribution in [0.1, 0.15) is 20.3 Å². The second-order valence-electron chi connectivity index (χ2n) is 2.34. The number of aliphatic hydroxyl groups is 2. The summed E-state index contributed by atoms with van der Waals surface area (Å²) in [6.07, 6.45) is -0.595. The van der Waals surface area contributed by atoms with Crippen molar-refractivity contribution in [1.82, 2.24) is 0 Å². The van der Waals surface area contributed by atoms with Gasteiger partial charge in [0.1, 0.15) is 0 Å². The first-order chi connectivity index (χ1) is 4.59. The number of halogens is 1. The molecule has 0 aliphatic heterocycles. The highest BCUT2D eigenvalue weighted by molar-refractivity contribution is 9.09. The fraction of sp³-hybridized carbons (Fsp3) is 0.714. The summed E-state index contributed by atoms with van der Waals surface area (Å²) >= 11 is 3.23. The molecular formula is C7H13BrO2. The van der Waals surface area contributed by atoms with Gasteiger partial charge in [0, 0.05) is 5.33 Å². The van der Waals surface area contributed by atoms with E-state index in [1.807, 2.05) is 13.8 Å². The molecule has 10 heavy (non-hydrogen) atoms. The van der Waals surface area contributed by atoms with Gasteiger partial charge in [-0.25, -0.2) is 0 Å². The lowest BCUT2D eigenvalue weighted by Crippen LogP contribution is -2.10. The minimum atomic E-state index is -1.29. The molecule has 0 fully saturated rings. The van der Waals surface area contributed by atoms with Crippen molar-refractivity contribution in [2.24, 2.45) is 0 Å². The van der Waals surface area contributed by atoms with Gasteiger partial charge in [-0.05, 0) is 25.8 Å². The molecule has 0 aliphatic rings. The molecule has 0 saturated heterocycles. The predicted octanol–water partition coefficient (Wildman–Crippen LogP) is 1.42. The van der Waals surface area contributed by atoms with E-state index in [4.69, 9.17) is 10.2 Å². The summed E-state index contributed by atoms with van der Waals surface area (Å²) in [6, 6.07) is 0. The van der Waals surface area contributed by atoms with Crippen LogP contribution in [0.3, 0.4) is 0 Å². The van der Waals surface area contributed by atoms with Crippen molar-refractivity contribution in [3.05, 3.63) is 11.1 Å². The molecule has 0 aliphatic carbocycles. The van der Waals surface area contributed by atoms with Gasteiger partial charge >= 0.3 is 0 Å². The highest BCUT2D eigenvalue weighted by Crippen LogP contribution is 2.12. The third-order valence-electron chi connectivity index (χ3n) is 1.32. The van der Waals surface area contributed by atoms with Gasteiger partial charge in [-0.1, -0.05) is 21.5 Å². The molecule has 0 rings (SSSR count). The zero-order valence-electron chi connectivity index (χ0n) is 6.26. The van der Waals surface area contributed by atoms with E-state index < -0.39 is 6.29 Å². The lowest BCUT2D eigenvalue weighted by Gasteiger charge is -2.09. The Morgan fingerprint density at radius 2 is 1.90 bits per heavy atom. The van der Waals surface area contributed by atoms with Crippen LogP contribution in [0.2, 0.25) is 0 Å². The number of rotatable bonds is 3. The molecule has 2 nitrogen and oxygen atoms in total.